The van der Waals surface area contributed by atoms with Crippen molar-refractivity contribution in [1.82, 2.24) is 25.0 Å². The Kier molecular flexibility index (Phi) is 4.40. The first-order chi connectivity index (χ1) is 14.7. The van der Waals surface area contributed by atoms with E-state index in [1.54, 1.807) is 12.3 Å². The van der Waals surface area contributed by atoms with Crippen molar-refractivity contribution >= 4 is 22.4 Å². The van der Waals surface area contributed by atoms with Gasteiger partial charge in [0.15, 0.2) is 5.82 Å². The number of hydrogen-bond donors (Lipinski definition) is 3. The molecule has 0 aliphatic rings. The Morgan fingerprint density at radius 1 is 1.07 bits per heavy atom. The minimum Gasteiger partial charge on any atom is -0.339 e. The fraction of sp³-hybridized carbons (Fsp3) is 0.0870. The summed E-state index contributed by atoms with van der Waals surface area (Å²) >= 11 is 0. The number of fused-ring (bicyclic) bond motifs is 1. The summed E-state index contributed by atoms with van der Waals surface area (Å²) < 4.78 is 1.82. The summed E-state index contributed by atoms with van der Waals surface area (Å²) in [7, 11) is 0. The lowest BCUT2D eigenvalue weighted by Gasteiger charge is -2.07. The van der Waals surface area contributed by atoms with Gasteiger partial charge in [-0.15, -0.1) is 0 Å². The first-order valence-corrected chi connectivity index (χ1v) is 9.78. The van der Waals surface area contributed by atoms with E-state index in [9.17, 15) is 4.79 Å². The maximum absolute atomic E-state index is 11.8. The van der Waals surface area contributed by atoms with Gasteiger partial charge in [-0.1, -0.05) is 19.1 Å². The van der Waals surface area contributed by atoms with Crippen LogP contribution in [0.3, 0.4) is 0 Å². The van der Waals surface area contributed by atoms with Crippen LogP contribution in [0.4, 0.5) is 11.5 Å². The van der Waals surface area contributed by atoms with Crippen molar-refractivity contribution in [3.05, 3.63) is 89.0 Å². The van der Waals surface area contributed by atoms with Crippen LogP contribution in [-0.2, 0) is 6.42 Å². The summed E-state index contributed by atoms with van der Waals surface area (Å²) in [5.74, 6) is 0.725. The standard InChI is InChI=1S/C23H20N6O/c1-2-15-12-23(30)26-20-9-6-17(13-19(15)20)25-22-14-21(27-28-22)16-4-7-18(8-5-16)29-11-3-10-24-29/h3-14H,2H2,1H3,(H,26,30)(H2,25,27,28). The molecular formula is C23H20N6O. The van der Waals surface area contributed by atoms with Crippen LogP contribution in [0.5, 0.6) is 0 Å². The van der Waals surface area contributed by atoms with E-state index in [1.165, 1.54) is 0 Å². The lowest BCUT2D eigenvalue weighted by atomic mass is 10.1. The van der Waals surface area contributed by atoms with Gasteiger partial charge >= 0.3 is 0 Å². The summed E-state index contributed by atoms with van der Waals surface area (Å²) in [6.45, 7) is 2.05. The molecule has 3 N–H and O–H groups in total. The fourth-order valence-corrected chi connectivity index (χ4v) is 3.59. The van der Waals surface area contributed by atoms with Gasteiger partial charge in [0.25, 0.3) is 0 Å². The van der Waals surface area contributed by atoms with Crippen molar-refractivity contribution < 1.29 is 0 Å². The summed E-state index contributed by atoms with van der Waals surface area (Å²) in [5, 5.41) is 16.1. The number of hydrogen-bond acceptors (Lipinski definition) is 4. The van der Waals surface area contributed by atoms with Gasteiger partial charge in [-0.3, -0.25) is 9.89 Å². The number of pyridine rings is 1. The predicted molar refractivity (Wildman–Crippen MR) is 118 cm³/mol. The van der Waals surface area contributed by atoms with Crippen molar-refractivity contribution in [3.63, 3.8) is 0 Å². The van der Waals surface area contributed by atoms with Gasteiger partial charge in [-0.05, 0) is 53.9 Å². The largest absolute Gasteiger partial charge is 0.339 e. The van der Waals surface area contributed by atoms with Crippen molar-refractivity contribution in [1.29, 1.82) is 0 Å². The molecule has 0 radical (unpaired) electrons. The molecule has 7 nitrogen and oxygen atoms in total. The molecule has 0 amide bonds. The molecule has 148 valence electrons. The normalized spacial score (nSPS) is 11.1. The number of aromatic amines is 2. The van der Waals surface area contributed by atoms with Crippen molar-refractivity contribution in [3.8, 4) is 16.9 Å². The van der Waals surface area contributed by atoms with E-state index >= 15 is 0 Å². The molecule has 5 aromatic rings. The van der Waals surface area contributed by atoms with Crippen LogP contribution in [0.15, 0.2) is 77.9 Å². The third-order valence-corrected chi connectivity index (χ3v) is 5.11. The van der Waals surface area contributed by atoms with E-state index in [4.69, 9.17) is 0 Å². The van der Waals surface area contributed by atoms with E-state index in [0.29, 0.717) is 0 Å². The molecule has 3 heterocycles. The number of nitrogens with one attached hydrogen (secondary N) is 3. The molecule has 0 aliphatic carbocycles. The zero-order valence-electron chi connectivity index (χ0n) is 16.4. The molecule has 0 saturated heterocycles. The van der Waals surface area contributed by atoms with Crippen LogP contribution in [0.1, 0.15) is 12.5 Å². The Hall–Kier alpha value is -4.13. The molecule has 0 bridgehead atoms. The minimum atomic E-state index is -0.0735. The van der Waals surface area contributed by atoms with Crippen LogP contribution >= 0.6 is 0 Å². The molecule has 0 fully saturated rings. The SMILES string of the molecule is CCc1cc(=O)[nH]c2ccc(Nc3cc(-c4ccc(-n5cccn5)cc4)[nH]n3)cc12. The third kappa shape index (κ3) is 3.37. The maximum atomic E-state index is 11.8. The van der Waals surface area contributed by atoms with Gasteiger partial charge in [0.2, 0.25) is 5.56 Å². The van der Waals surface area contributed by atoms with Crippen LogP contribution in [0.2, 0.25) is 0 Å². The number of anilines is 2. The highest BCUT2D eigenvalue weighted by atomic mass is 16.1. The number of aryl methyl sites for hydroxylation is 1. The van der Waals surface area contributed by atoms with Crippen LogP contribution in [0.25, 0.3) is 27.8 Å². The Morgan fingerprint density at radius 3 is 2.70 bits per heavy atom. The molecule has 0 saturated carbocycles. The Morgan fingerprint density at radius 2 is 1.93 bits per heavy atom. The summed E-state index contributed by atoms with van der Waals surface area (Å²) in [6, 6.07) is 19.5. The Labute approximate surface area is 172 Å². The second-order valence-corrected chi connectivity index (χ2v) is 7.06. The molecule has 0 aliphatic heterocycles. The highest BCUT2D eigenvalue weighted by molar-refractivity contribution is 5.86. The number of rotatable bonds is 5. The van der Waals surface area contributed by atoms with E-state index in [0.717, 1.165) is 51.3 Å². The minimum absolute atomic E-state index is 0.0735. The summed E-state index contributed by atoms with van der Waals surface area (Å²) in [6.07, 6.45) is 4.47. The molecule has 0 atom stereocenters. The van der Waals surface area contributed by atoms with Gasteiger partial charge < -0.3 is 10.3 Å². The van der Waals surface area contributed by atoms with E-state index in [2.05, 4.69) is 25.6 Å². The Bertz CT molecular complexity index is 1360. The highest BCUT2D eigenvalue weighted by Gasteiger charge is 2.07. The molecule has 0 spiro atoms. The zero-order chi connectivity index (χ0) is 20.5. The average Bonchev–Trinajstić information content (AvgIpc) is 3.46. The van der Waals surface area contributed by atoms with Crippen LogP contribution in [0, 0.1) is 0 Å². The van der Waals surface area contributed by atoms with E-state index in [1.807, 2.05) is 72.4 Å². The first kappa shape index (κ1) is 17.9. The topological polar surface area (TPSA) is 91.4 Å². The summed E-state index contributed by atoms with van der Waals surface area (Å²) in [4.78, 5) is 14.7. The van der Waals surface area contributed by atoms with Gasteiger partial charge in [-0.25, -0.2) is 4.68 Å². The zero-order valence-corrected chi connectivity index (χ0v) is 16.4. The molecular weight excluding hydrogens is 376 g/mol. The van der Waals surface area contributed by atoms with Crippen molar-refractivity contribution in [2.75, 3.05) is 5.32 Å². The predicted octanol–water partition coefficient (Wildman–Crippen LogP) is 4.41. The van der Waals surface area contributed by atoms with Crippen LogP contribution in [-0.4, -0.2) is 25.0 Å². The molecule has 7 heteroatoms. The van der Waals surface area contributed by atoms with Gasteiger partial charge in [0.1, 0.15) is 0 Å². The van der Waals surface area contributed by atoms with Gasteiger partial charge in [0.05, 0.1) is 11.4 Å². The van der Waals surface area contributed by atoms with E-state index < -0.39 is 0 Å². The molecule has 3 aromatic heterocycles. The quantitative estimate of drug-likeness (QED) is 0.410. The molecule has 0 unspecified atom stereocenters. The average molecular weight is 396 g/mol. The Balaban J connectivity index is 1.39. The van der Waals surface area contributed by atoms with Gasteiger partial charge in [0, 0.05) is 41.1 Å². The first-order valence-electron chi connectivity index (χ1n) is 9.78. The van der Waals surface area contributed by atoms with E-state index in [-0.39, 0.29) is 5.56 Å². The number of nitrogens with zero attached hydrogens (tertiary/aromatic N) is 3. The number of H-pyrrole nitrogens is 2. The molecule has 30 heavy (non-hydrogen) atoms. The molecule has 5 rings (SSSR count). The van der Waals surface area contributed by atoms with Crippen molar-refractivity contribution in [2.45, 2.75) is 13.3 Å². The van der Waals surface area contributed by atoms with Crippen LogP contribution < -0.4 is 10.9 Å². The van der Waals surface area contributed by atoms with Crippen molar-refractivity contribution in [2.24, 2.45) is 0 Å². The maximum Gasteiger partial charge on any atom is 0.248 e. The fourth-order valence-electron chi connectivity index (χ4n) is 3.59. The lowest BCUT2D eigenvalue weighted by molar-refractivity contribution is 0.880. The summed E-state index contributed by atoms with van der Waals surface area (Å²) in [5.41, 5.74) is 5.66. The monoisotopic (exact) mass is 396 g/mol. The smallest absolute Gasteiger partial charge is 0.248 e. The second kappa shape index (κ2) is 7.36. The number of aromatic nitrogens is 5. The van der Waals surface area contributed by atoms with Gasteiger partial charge in [-0.2, -0.15) is 10.2 Å². The molecule has 2 aromatic carbocycles. The lowest BCUT2D eigenvalue weighted by Crippen LogP contribution is -2.06. The third-order valence-electron chi connectivity index (χ3n) is 5.11. The number of benzene rings is 2. The second-order valence-electron chi connectivity index (χ2n) is 7.06. The highest BCUT2D eigenvalue weighted by Crippen LogP contribution is 2.25.